The minimum atomic E-state index is 0.0484. The van der Waals surface area contributed by atoms with Crippen LogP contribution in [0.1, 0.15) is 11.1 Å². The summed E-state index contributed by atoms with van der Waals surface area (Å²) in [5, 5.41) is 8.22. The van der Waals surface area contributed by atoms with Crippen LogP contribution >= 0.6 is 11.8 Å². The first-order valence-corrected chi connectivity index (χ1v) is 6.94. The Morgan fingerprint density at radius 2 is 2.00 bits per heavy atom. The summed E-state index contributed by atoms with van der Waals surface area (Å²) >= 11 is 1.40. The van der Waals surface area contributed by atoms with Crippen molar-refractivity contribution in [2.75, 3.05) is 0 Å². The molecule has 5 heteroatoms. The summed E-state index contributed by atoms with van der Waals surface area (Å²) in [4.78, 5) is 5.34. The van der Waals surface area contributed by atoms with Crippen LogP contribution in [0.5, 0.6) is 0 Å². The normalized spacial score (nSPS) is 10.8. The number of nitrogen functional groups attached to an aromatic ring is 1. The largest absolute Gasteiger partial charge is 0.431 e. The fourth-order valence-electron chi connectivity index (χ4n) is 1.98. The van der Waals surface area contributed by atoms with E-state index in [1.54, 1.807) is 0 Å². The Morgan fingerprint density at radius 1 is 1.20 bits per heavy atom. The smallest absolute Gasteiger partial charge is 0.261 e. The Labute approximate surface area is 120 Å². The predicted octanol–water partition coefficient (Wildman–Crippen LogP) is 3.57. The number of nitrogens with one attached hydrogen (secondary N) is 1. The Balaban J connectivity index is 2.04. The van der Waals surface area contributed by atoms with Crippen molar-refractivity contribution in [1.29, 1.82) is 5.41 Å². The van der Waals surface area contributed by atoms with E-state index in [1.165, 1.54) is 11.8 Å². The average molecular weight is 283 g/mol. The van der Waals surface area contributed by atoms with Crippen molar-refractivity contribution in [2.45, 2.75) is 17.0 Å². The van der Waals surface area contributed by atoms with Crippen LogP contribution in [0.15, 0.2) is 57.0 Å². The summed E-state index contributed by atoms with van der Waals surface area (Å²) in [6, 6.07) is 13.3. The molecular weight excluding hydrogens is 270 g/mol. The third-order valence-corrected chi connectivity index (χ3v) is 4.06. The van der Waals surface area contributed by atoms with Gasteiger partial charge in [0.25, 0.3) is 5.22 Å². The lowest BCUT2D eigenvalue weighted by atomic mass is 10.1. The number of aryl methyl sites for hydroxylation is 1. The molecule has 0 saturated heterocycles. The monoisotopic (exact) mass is 283 g/mol. The maximum absolute atomic E-state index is 7.66. The number of benzene rings is 2. The highest BCUT2D eigenvalue weighted by Gasteiger charge is 2.13. The first kappa shape index (κ1) is 12.7. The van der Waals surface area contributed by atoms with Crippen LogP contribution < -0.4 is 5.73 Å². The predicted molar refractivity (Wildman–Crippen MR) is 80.3 cm³/mol. The molecule has 0 aliphatic carbocycles. The molecule has 0 amide bonds. The Hall–Kier alpha value is -2.27. The number of hydrogen-bond donors (Lipinski definition) is 2. The van der Waals surface area contributed by atoms with Gasteiger partial charge in [-0.3, -0.25) is 5.41 Å². The van der Waals surface area contributed by atoms with Crippen LogP contribution in [-0.2, 0) is 0 Å². The maximum atomic E-state index is 7.66. The van der Waals surface area contributed by atoms with Gasteiger partial charge in [0.05, 0.1) is 0 Å². The summed E-state index contributed by atoms with van der Waals surface area (Å²) < 4.78 is 5.70. The van der Waals surface area contributed by atoms with Gasteiger partial charge in [0.15, 0.2) is 5.58 Å². The van der Waals surface area contributed by atoms with Crippen LogP contribution in [-0.4, -0.2) is 10.8 Å². The third kappa shape index (κ3) is 2.28. The number of nitrogens with two attached hydrogens (primary N) is 1. The van der Waals surface area contributed by atoms with Gasteiger partial charge in [-0.15, -0.1) is 0 Å². The quantitative estimate of drug-likeness (QED) is 0.569. The minimum absolute atomic E-state index is 0.0484. The van der Waals surface area contributed by atoms with Gasteiger partial charge in [-0.1, -0.05) is 30.3 Å². The molecule has 3 aromatic rings. The molecule has 1 heterocycles. The summed E-state index contributed by atoms with van der Waals surface area (Å²) in [5.74, 6) is 0.0484. The number of amidine groups is 1. The molecule has 20 heavy (non-hydrogen) atoms. The van der Waals surface area contributed by atoms with E-state index in [2.05, 4.69) is 4.98 Å². The van der Waals surface area contributed by atoms with Gasteiger partial charge in [0.1, 0.15) is 11.4 Å². The van der Waals surface area contributed by atoms with Gasteiger partial charge in [-0.25, -0.2) is 4.98 Å². The number of nitrogens with zero attached hydrogens (tertiary/aromatic N) is 1. The van der Waals surface area contributed by atoms with E-state index in [-0.39, 0.29) is 5.84 Å². The molecule has 0 bridgehead atoms. The van der Waals surface area contributed by atoms with Gasteiger partial charge in [-0.2, -0.15) is 0 Å². The summed E-state index contributed by atoms with van der Waals surface area (Å²) in [6.45, 7) is 1.98. The molecular formula is C15H13N3OS. The van der Waals surface area contributed by atoms with Gasteiger partial charge >= 0.3 is 0 Å². The molecule has 1 aromatic heterocycles. The highest BCUT2D eigenvalue weighted by molar-refractivity contribution is 7.99. The highest BCUT2D eigenvalue weighted by Crippen LogP contribution is 2.34. The Bertz CT molecular complexity index is 762. The molecule has 0 aliphatic heterocycles. The van der Waals surface area contributed by atoms with Crippen LogP contribution in [0.25, 0.3) is 11.1 Å². The van der Waals surface area contributed by atoms with Crippen LogP contribution in [0.3, 0.4) is 0 Å². The van der Waals surface area contributed by atoms with E-state index < -0.39 is 0 Å². The number of oxazole rings is 1. The molecule has 0 fully saturated rings. The molecule has 0 atom stereocenters. The molecule has 0 saturated carbocycles. The lowest BCUT2D eigenvalue weighted by Crippen LogP contribution is -2.12. The second-order valence-corrected chi connectivity index (χ2v) is 5.38. The molecule has 2 aromatic carbocycles. The zero-order chi connectivity index (χ0) is 14.1. The van der Waals surface area contributed by atoms with Gasteiger partial charge < -0.3 is 10.2 Å². The van der Waals surface area contributed by atoms with E-state index in [9.17, 15) is 0 Å². The second kappa shape index (κ2) is 5.02. The minimum Gasteiger partial charge on any atom is -0.431 e. The molecule has 3 N–H and O–H groups in total. The highest BCUT2D eigenvalue weighted by atomic mass is 32.2. The van der Waals surface area contributed by atoms with Crippen molar-refractivity contribution in [3.05, 3.63) is 53.6 Å². The van der Waals surface area contributed by atoms with E-state index >= 15 is 0 Å². The molecule has 0 unspecified atom stereocenters. The fraction of sp³-hybridized carbons (Fsp3) is 0.0667. The molecule has 4 nitrogen and oxygen atoms in total. The van der Waals surface area contributed by atoms with Crippen molar-refractivity contribution < 1.29 is 4.42 Å². The van der Waals surface area contributed by atoms with E-state index in [0.717, 1.165) is 21.6 Å². The van der Waals surface area contributed by atoms with Crippen molar-refractivity contribution in [3.8, 4) is 0 Å². The zero-order valence-electron chi connectivity index (χ0n) is 10.9. The Morgan fingerprint density at radius 3 is 2.75 bits per heavy atom. The first-order chi connectivity index (χ1) is 9.65. The molecule has 100 valence electrons. The molecule has 0 aliphatic rings. The SMILES string of the molecule is Cc1cccc(C(=N)N)c1Sc1nc2ccccc2o1. The Kier molecular flexibility index (Phi) is 3.20. The number of rotatable bonds is 3. The van der Waals surface area contributed by atoms with Gasteiger partial charge in [-0.05, 0) is 36.4 Å². The van der Waals surface area contributed by atoms with Crippen LogP contribution in [0.4, 0.5) is 0 Å². The van der Waals surface area contributed by atoms with Crippen LogP contribution in [0.2, 0.25) is 0 Å². The zero-order valence-corrected chi connectivity index (χ0v) is 11.7. The van der Waals surface area contributed by atoms with E-state index in [1.807, 2.05) is 49.4 Å². The van der Waals surface area contributed by atoms with Gasteiger partial charge in [0.2, 0.25) is 0 Å². The first-order valence-electron chi connectivity index (χ1n) is 6.12. The second-order valence-electron chi connectivity index (χ2n) is 4.41. The number of fused-ring (bicyclic) bond motifs is 1. The molecule has 0 radical (unpaired) electrons. The standard InChI is InChI=1S/C15H13N3OS/c1-9-5-4-6-10(14(16)17)13(9)20-15-18-11-7-2-3-8-12(11)19-15/h2-8H,1H3,(H3,16,17). The third-order valence-electron chi connectivity index (χ3n) is 2.97. The topological polar surface area (TPSA) is 75.9 Å². The van der Waals surface area contributed by atoms with E-state index in [0.29, 0.717) is 10.8 Å². The lowest BCUT2D eigenvalue weighted by molar-refractivity contribution is 0.489. The van der Waals surface area contributed by atoms with Gasteiger partial charge in [0, 0.05) is 10.5 Å². The van der Waals surface area contributed by atoms with Crippen molar-refractivity contribution >= 4 is 28.7 Å². The fourth-order valence-corrected chi connectivity index (χ4v) is 2.95. The van der Waals surface area contributed by atoms with Crippen molar-refractivity contribution in [3.63, 3.8) is 0 Å². The number of hydrogen-bond acceptors (Lipinski definition) is 4. The van der Waals surface area contributed by atoms with E-state index in [4.69, 9.17) is 15.6 Å². The number of aromatic nitrogens is 1. The average Bonchev–Trinajstić information content (AvgIpc) is 2.83. The molecule has 3 rings (SSSR count). The van der Waals surface area contributed by atoms with Crippen molar-refractivity contribution in [2.24, 2.45) is 5.73 Å². The van der Waals surface area contributed by atoms with Crippen LogP contribution in [0, 0.1) is 12.3 Å². The maximum Gasteiger partial charge on any atom is 0.261 e. The number of para-hydroxylation sites is 2. The van der Waals surface area contributed by atoms with Crippen molar-refractivity contribution in [1.82, 2.24) is 4.98 Å². The summed E-state index contributed by atoms with van der Waals surface area (Å²) in [6.07, 6.45) is 0. The summed E-state index contributed by atoms with van der Waals surface area (Å²) in [5.41, 5.74) is 8.97. The summed E-state index contributed by atoms with van der Waals surface area (Å²) in [7, 11) is 0. The lowest BCUT2D eigenvalue weighted by Gasteiger charge is -2.08. The molecule has 0 spiro atoms.